The van der Waals surface area contributed by atoms with E-state index in [1.54, 1.807) is 6.21 Å². The number of nitrogens with zero attached hydrogens (tertiary/aromatic N) is 1. The lowest BCUT2D eigenvalue weighted by molar-refractivity contribution is 1.04. The van der Waals surface area contributed by atoms with Gasteiger partial charge >= 0.3 is 0 Å². The average molecular weight is 83.1 g/mol. The lowest BCUT2D eigenvalue weighted by atomic mass is 10.5. The molecular formula is C3H5N3. The summed E-state index contributed by atoms with van der Waals surface area (Å²) in [4.78, 5) is 0. The predicted molar refractivity (Wildman–Crippen MR) is 24.0 cm³/mol. The van der Waals surface area contributed by atoms with Gasteiger partial charge in [-0.15, -0.1) is 0 Å². The molecule has 1 heterocycles. The molecule has 0 fully saturated rings. The van der Waals surface area contributed by atoms with Gasteiger partial charge in [0.25, 0.3) is 0 Å². The van der Waals surface area contributed by atoms with E-state index in [0.29, 0.717) is 12.3 Å². The molecule has 0 saturated heterocycles. The highest BCUT2D eigenvalue weighted by atomic mass is 15.3. The molecule has 0 spiro atoms. The average Bonchev–Trinajstić information content (AvgIpc) is 1.86. The van der Waals surface area contributed by atoms with E-state index in [1.165, 1.54) is 0 Å². The zero-order valence-corrected chi connectivity index (χ0v) is 3.23. The second-order valence-electron chi connectivity index (χ2n) is 1.11. The number of amidine groups is 1. The predicted octanol–water partition coefficient (Wildman–Crippen LogP) is -0.0572. The molecule has 0 aromatic rings. The van der Waals surface area contributed by atoms with E-state index in [-0.39, 0.29) is 0 Å². The summed E-state index contributed by atoms with van der Waals surface area (Å²) in [6.45, 7) is 0. The van der Waals surface area contributed by atoms with Gasteiger partial charge in [-0.05, 0) is 0 Å². The first-order valence-electron chi connectivity index (χ1n) is 1.74. The van der Waals surface area contributed by atoms with Crippen LogP contribution in [0.4, 0.5) is 0 Å². The van der Waals surface area contributed by atoms with Crippen LogP contribution in [0.3, 0.4) is 0 Å². The third kappa shape index (κ3) is 0.381. The normalized spacial score (nSPS) is 18.3. The maximum Gasteiger partial charge on any atom is 0.119 e. The molecule has 0 aromatic heterocycles. The van der Waals surface area contributed by atoms with Crippen molar-refractivity contribution < 1.29 is 0 Å². The minimum Gasteiger partial charge on any atom is -0.287 e. The maximum absolute atomic E-state index is 6.81. The minimum atomic E-state index is 0.481. The summed E-state index contributed by atoms with van der Waals surface area (Å²) in [7, 11) is 0. The van der Waals surface area contributed by atoms with E-state index < -0.39 is 0 Å². The van der Waals surface area contributed by atoms with Crippen LogP contribution in [0.1, 0.15) is 6.42 Å². The number of rotatable bonds is 0. The highest BCUT2D eigenvalue weighted by Gasteiger charge is 1.94. The molecule has 0 bridgehead atoms. The lowest BCUT2D eigenvalue weighted by Gasteiger charge is -1.82. The molecule has 0 amide bonds. The van der Waals surface area contributed by atoms with Crippen LogP contribution >= 0.6 is 0 Å². The summed E-state index contributed by atoms with van der Waals surface area (Å²) in [6, 6.07) is 0. The second-order valence-corrected chi connectivity index (χ2v) is 1.11. The molecule has 2 N–H and O–H groups in total. The van der Waals surface area contributed by atoms with Crippen LogP contribution < -0.4 is 5.43 Å². The van der Waals surface area contributed by atoms with Crippen LogP contribution in [0.15, 0.2) is 5.10 Å². The molecule has 0 aromatic carbocycles. The molecule has 1 aliphatic heterocycles. The van der Waals surface area contributed by atoms with Crippen LogP contribution in [0.2, 0.25) is 0 Å². The van der Waals surface area contributed by atoms with E-state index in [9.17, 15) is 0 Å². The van der Waals surface area contributed by atoms with Crippen molar-refractivity contribution in [1.82, 2.24) is 5.43 Å². The Hall–Kier alpha value is -0.860. The highest BCUT2D eigenvalue weighted by molar-refractivity contribution is 5.95. The van der Waals surface area contributed by atoms with Gasteiger partial charge < -0.3 is 0 Å². The van der Waals surface area contributed by atoms with Crippen LogP contribution in [-0.2, 0) is 0 Å². The van der Waals surface area contributed by atoms with E-state index in [0.717, 1.165) is 0 Å². The van der Waals surface area contributed by atoms with Crippen molar-refractivity contribution in [2.24, 2.45) is 5.10 Å². The smallest absolute Gasteiger partial charge is 0.119 e. The minimum absolute atomic E-state index is 0.481. The topological polar surface area (TPSA) is 48.2 Å². The molecule has 0 radical (unpaired) electrons. The zero-order valence-electron chi connectivity index (χ0n) is 3.23. The van der Waals surface area contributed by atoms with Crippen molar-refractivity contribution in [3.63, 3.8) is 0 Å². The van der Waals surface area contributed by atoms with Gasteiger partial charge in [0.15, 0.2) is 0 Å². The molecule has 0 saturated carbocycles. The van der Waals surface area contributed by atoms with Gasteiger partial charge in [-0.3, -0.25) is 10.8 Å². The monoisotopic (exact) mass is 83.0 g/mol. The molecule has 3 heteroatoms. The largest absolute Gasteiger partial charge is 0.287 e. The molecule has 1 aliphatic rings. The van der Waals surface area contributed by atoms with Crippen LogP contribution in [0.5, 0.6) is 0 Å². The van der Waals surface area contributed by atoms with Gasteiger partial charge in [-0.1, -0.05) is 0 Å². The van der Waals surface area contributed by atoms with Crippen molar-refractivity contribution in [2.75, 3.05) is 0 Å². The molecule has 32 valence electrons. The molecular weight excluding hydrogens is 78.1 g/mol. The summed E-state index contributed by atoms with van der Waals surface area (Å²) in [5.74, 6) is 0.481. The third-order valence-corrected chi connectivity index (χ3v) is 0.586. The van der Waals surface area contributed by atoms with Crippen LogP contribution in [-0.4, -0.2) is 12.1 Å². The van der Waals surface area contributed by atoms with E-state index in [4.69, 9.17) is 5.41 Å². The molecule has 6 heavy (non-hydrogen) atoms. The number of nitrogens with one attached hydrogen (secondary N) is 2. The Morgan fingerprint density at radius 1 is 2.00 bits per heavy atom. The summed E-state index contributed by atoms with van der Waals surface area (Å²) in [6.07, 6.45) is 2.34. The standard InChI is InChI=1S/C3H5N3/c4-3-1-2-5-6-3/h2H,1H2,(H2,4,6). The Labute approximate surface area is 35.6 Å². The van der Waals surface area contributed by atoms with Gasteiger partial charge in [0, 0.05) is 12.6 Å². The van der Waals surface area contributed by atoms with Crippen LogP contribution in [0.25, 0.3) is 0 Å². The molecule has 1 rings (SSSR count). The summed E-state index contributed by atoms with van der Waals surface area (Å²) in [5.41, 5.74) is 2.47. The molecule has 0 atom stereocenters. The van der Waals surface area contributed by atoms with Gasteiger partial charge in [0.1, 0.15) is 5.84 Å². The fourth-order valence-corrected chi connectivity index (χ4v) is 0.306. The van der Waals surface area contributed by atoms with Gasteiger partial charge in [0.05, 0.1) is 0 Å². The Morgan fingerprint density at radius 3 is 3.00 bits per heavy atom. The Morgan fingerprint density at radius 2 is 2.83 bits per heavy atom. The molecule has 0 aliphatic carbocycles. The third-order valence-electron chi connectivity index (χ3n) is 0.586. The van der Waals surface area contributed by atoms with Gasteiger partial charge in [-0.2, -0.15) is 5.10 Å². The van der Waals surface area contributed by atoms with Crippen molar-refractivity contribution >= 4 is 12.1 Å². The number of hydrazone groups is 1. The van der Waals surface area contributed by atoms with Crippen molar-refractivity contribution in [3.8, 4) is 0 Å². The SMILES string of the molecule is N=C1CC=NN1. The second kappa shape index (κ2) is 1.08. The number of hydrogen-bond acceptors (Lipinski definition) is 2. The first kappa shape index (κ1) is 3.33. The van der Waals surface area contributed by atoms with Gasteiger partial charge in [-0.25, -0.2) is 0 Å². The molecule has 3 nitrogen and oxygen atoms in total. The van der Waals surface area contributed by atoms with E-state index in [1.807, 2.05) is 0 Å². The first-order chi connectivity index (χ1) is 2.89. The van der Waals surface area contributed by atoms with E-state index in [2.05, 4.69) is 10.5 Å². The Bertz CT molecular complexity index is 84.2. The summed E-state index contributed by atoms with van der Waals surface area (Å²) >= 11 is 0. The fraction of sp³-hybridized carbons (Fsp3) is 0.333. The van der Waals surface area contributed by atoms with E-state index >= 15 is 0 Å². The molecule has 0 unspecified atom stereocenters. The zero-order chi connectivity index (χ0) is 4.41. The summed E-state index contributed by atoms with van der Waals surface area (Å²) < 4.78 is 0. The van der Waals surface area contributed by atoms with Crippen LogP contribution in [0, 0.1) is 5.41 Å². The highest BCUT2D eigenvalue weighted by Crippen LogP contribution is 1.80. The number of hydrogen-bond donors (Lipinski definition) is 2. The van der Waals surface area contributed by atoms with Gasteiger partial charge in [0.2, 0.25) is 0 Å². The summed E-state index contributed by atoms with van der Waals surface area (Å²) in [5, 5.41) is 10.4. The quantitative estimate of drug-likeness (QED) is 0.423. The fourth-order valence-electron chi connectivity index (χ4n) is 0.306. The van der Waals surface area contributed by atoms with Crippen molar-refractivity contribution in [3.05, 3.63) is 0 Å². The van der Waals surface area contributed by atoms with Crippen molar-refractivity contribution in [1.29, 1.82) is 5.41 Å². The first-order valence-corrected chi connectivity index (χ1v) is 1.74. The Kier molecular flexibility index (Phi) is 0.602. The Balaban J connectivity index is 2.52. The lowest BCUT2D eigenvalue weighted by Crippen LogP contribution is -2.07. The maximum atomic E-state index is 6.81. The van der Waals surface area contributed by atoms with Crippen molar-refractivity contribution in [2.45, 2.75) is 6.42 Å².